The van der Waals surface area contributed by atoms with E-state index in [2.05, 4.69) is 35.1 Å². The van der Waals surface area contributed by atoms with Gasteiger partial charge in [-0.05, 0) is 85.8 Å². The number of hydrogen-bond donors (Lipinski definition) is 1. The van der Waals surface area contributed by atoms with Crippen LogP contribution in [0.15, 0.2) is 109 Å². The highest BCUT2D eigenvalue weighted by Crippen LogP contribution is 2.28. The van der Waals surface area contributed by atoms with Gasteiger partial charge in [0.15, 0.2) is 0 Å². The molecule has 0 bridgehead atoms. The van der Waals surface area contributed by atoms with Crippen molar-refractivity contribution in [2.24, 2.45) is 0 Å². The van der Waals surface area contributed by atoms with Crippen LogP contribution in [0.25, 0.3) is 22.0 Å². The Hall–Kier alpha value is -4.64. The Morgan fingerprint density at radius 2 is 1.59 bits per heavy atom. The second-order valence-corrected chi connectivity index (χ2v) is 11.3. The number of nitrogens with one attached hydrogen (secondary N) is 1. The fraction of sp³-hybridized carbons (Fsp3) is 0.222. The first kappa shape index (κ1) is 27.9. The van der Waals surface area contributed by atoms with Gasteiger partial charge in [-0.15, -0.1) is 0 Å². The number of carbonyl (C=O) groups is 2. The highest BCUT2D eigenvalue weighted by molar-refractivity contribution is 5.98. The molecule has 0 aliphatic rings. The van der Waals surface area contributed by atoms with E-state index >= 15 is 0 Å². The topological polar surface area (TPSA) is 60.3 Å². The van der Waals surface area contributed by atoms with Crippen LogP contribution in [-0.4, -0.2) is 22.0 Å². The first-order valence-electron chi connectivity index (χ1n) is 14.1. The van der Waals surface area contributed by atoms with Crippen molar-refractivity contribution in [2.75, 3.05) is 0 Å². The lowest BCUT2D eigenvalue weighted by atomic mass is 9.98. The Morgan fingerprint density at radius 1 is 0.829 bits per heavy atom. The van der Waals surface area contributed by atoms with E-state index in [-0.39, 0.29) is 17.9 Å². The molecule has 41 heavy (non-hydrogen) atoms. The van der Waals surface area contributed by atoms with Crippen LogP contribution in [0.2, 0.25) is 0 Å². The van der Waals surface area contributed by atoms with Crippen molar-refractivity contribution in [1.29, 1.82) is 0 Å². The van der Waals surface area contributed by atoms with E-state index in [1.54, 1.807) is 6.07 Å². The number of aromatic nitrogens is 1. The number of benzene rings is 4. The number of ether oxygens (including phenoxy) is 1. The first-order chi connectivity index (χ1) is 19.7. The van der Waals surface area contributed by atoms with Gasteiger partial charge in [0.1, 0.15) is 5.60 Å². The highest BCUT2D eigenvalue weighted by Gasteiger charge is 2.19. The summed E-state index contributed by atoms with van der Waals surface area (Å²) in [6.45, 7) is 8.33. The molecule has 208 valence electrons. The summed E-state index contributed by atoms with van der Waals surface area (Å²) in [5, 5.41) is 4.19. The molecule has 5 aromatic rings. The van der Waals surface area contributed by atoms with Crippen LogP contribution in [0.3, 0.4) is 0 Å². The van der Waals surface area contributed by atoms with Gasteiger partial charge in [-0.2, -0.15) is 0 Å². The predicted octanol–water partition coefficient (Wildman–Crippen LogP) is 8.19. The number of rotatable bonds is 8. The second kappa shape index (κ2) is 11.8. The molecule has 1 aromatic heterocycles. The van der Waals surface area contributed by atoms with Gasteiger partial charge in [0.25, 0.3) is 5.91 Å². The van der Waals surface area contributed by atoms with Crippen LogP contribution >= 0.6 is 0 Å². The molecule has 1 atom stereocenters. The lowest BCUT2D eigenvalue weighted by Gasteiger charge is -2.20. The van der Waals surface area contributed by atoms with E-state index in [0.717, 1.165) is 39.6 Å². The average molecular weight is 545 g/mol. The molecule has 0 fully saturated rings. The van der Waals surface area contributed by atoms with Crippen LogP contribution < -0.4 is 5.32 Å². The number of amides is 1. The summed E-state index contributed by atoms with van der Waals surface area (Å²) in [6.07, 6.45) is 2.87. The quantitative estimate of drug-likeness (QED) is 0.200. The Bertz CT molecular complexity index is 1680. The van der Waals surface area contributed by atoms with E-state index in [1.165, 1.54) is 0 Å². The summed E-state index contributed by atoms with van der Waals surface area (Å²) in [4.78, 5) is 25.8. The molecule has 5 heteroatoms. The van der Waals surface area contributed by atoms with Gasteiger partial charge in [-0.25, -0.2) is 4.79 Å². The van der Waals surface area contributed by atoms with Gasteiger partial charge >= 0.3 is 5.97 Å². The summed E-state index contributed by atoms with van der Waals surface area (Å²) in [6, 6.07) is 33.8. The second-order valence-electron chi connectivity index (χ2n) is 11.3. The van der Waals surface area contributed by atoms with Crippen LogP contribution in [0.1, 0.15) is 72.0 Å². The summed E-state index contributed by atoms with van der Waals surface area (Å²) >= 11 is 0. The predicted molar refractivity (Wildman–Crippen MR) is 165 cm³/mol. The third kappa shape index (κ3) is 6.58. The third-order valence-electron chi connectivity index (χ3n) is 7.11. The van der Waals surface area contributed by atoms with E-state index < -0.39 is 5.60 Å². The molecule has 0 radical (unpaired) electrons. The van der Waals surface area contributed by atoms with Gasteiger partial charge in [-0.1, -0.05) is 73.7 Å². The monoisotopic (exact) mass is 544 g/mol. The zero-order valence-electron chi connectivity index (χ0n) is 24.1. The number of carbonyl (C=O) groups excluding carboxylic acids is 2. The van der Waals surface area contributed by atoms with Crippen LogP contribution in [0.4, 0.5) is 0 Å². The van der Waals surface area contributed by atoms with E-state index in [0.29, 0.717) is 17.7 Å². The molecule has 1 heterocycles. The Labute approximate surface area is 241 Å². The number of nitrogens with zero attached hydrogens (tertiary/aromatic N) is 1. The van der Waals surface area contributed by atoms with E-state index in [4.69, 9.17) is 4.74 Å². The zero-order valence-corrected chi connectivity index (χ0v) is 24.1. The van der Waals surface area contributed by atoms with E-state index in [9.17, 15) is 9.59 Å². The fourth-order valence-corrected chi connectivity index (χ4v) is 5.10. The Morgan fingerprint density at radius 3 is 2.34 bits per heavy atom. The molecule has 1 N–H and O–H groups in total. The summed E-state index contributed by atoms with van der Waals surface area (Å²) in [5.41, 5.74) is 5.92. The maximum absolute atomic E-state index is 13.1. The van der Waals surface area contributed by atoms with Crippen molar-refractivity contribution in [3.8, 4) is 11.1 Å². The van der Waals surface area contributed by atoms with Gasteiger partial charge in [0.05, 0.1) is 11.6 Å². The Kier molecular flexibility index (Phi) is 8.06. The van der Waals surface area contributed by atoms with Crippen LogP contribution in [-0.2, 0) is 11.3 Å². The molecule has 0 saturated heterocycles. The lowest BCUT2D eigenvalue weighted by Crippen LogP contribution is -2.28. The molecule has 5 rings (SSSR count). The smallest absolute Gasteiger partial charge is 0.338 e. The van der Waals surface area contributed by atoms with Crippen molar-refractivity contribution in [2.45, 2.75) is 52.3 Å². The molecule has 4 aromatic carbocycles. The molecule has 0 aliphatic carbocycles. The van der Waals surface area contributed by atoms with Gasteiger partial charge in [-0.3, -0.25) is 4.79 Å². The number of fused-ring (bicyclic) bond motifs is 1. The van der Waals surface area contributed by atoms with Crippen LogP contribution in [0.5, 0.6) is 0 Å². The van der Waals surface area contributed by atoms with Gasteiger partial charge in [0.2, 0.25) is 0 Å². The van der Waals surface area contributed by atoms with Crippen molar-refractivity contribution in [3.63, 3.8) is 0 Å². The maximum atomic E-state index is 13.1. The largest absolute Gasteiger partial charge is 0.456 e. The number of hydrogen-bond acceptors (Lipinski definition) is 3. The molecule has 0 saturated carbocycles. The molecule has 1 unspecified atom stereocenters. The molecular formula is C36H36N2O3. The van der Waals surface area contributed by atoms with Crippen molar-refractivity contribution in [3.05, 3.63) is 132 Å². The molecular weight excluding hydrogens is 508 g/mol. The lowest BCUT2D eigenvalue weighted by molar-refractivity contribution is 0.00694. The Balaban J connectivity index is 1.37. The summed E-state index contributed by atoms with van der Waals surface area (Å²) < 4.78 is 7.77. The molecule has 5 nitrogen and oxygen atoms in total. The molecule has 1 amide bonds. The molecule has 0 spiro atoms. The van der Waals surface area contributed by atoms with Crippen LogP contribution in [0, 0.1) is 0 Å². The standard InChI is InChI=1S/C36H36N2O3/c1-5-32(25-12-7-6-8-13-25)37-34(39)28-18-19-33-27(23-28)20-21-38(33)24-30-14-9-10-17-31(30)26-15-11-16-29(22-26)35(40)41-36(2,3)4/h6-23,32H,5,24H2,1-4H3,(H,37,39). The van der Waals surface area contributed by atoms with Gasteiger partial charge < -0.3 is 14.6 Å². The normalized spacial score (nSPS) is 12.2. The first-order valence-corrected chi connectivity index (χ1v) is 14.1. The minimum atomic E-state index is -0.555. The average Bonchev–Trinajstić information content (AvgIpc) is 3.37. The van der Waals surface area contributed by atoms with E-state index in [1.807, 2.05) is 106 Å². The fourth-order valence-electron chi connectivity index (χ4n) is 5.10. The maximum Gasteiger partial charge on any atom is 0.338 e. The van der Waals surface area contributed by atoms with Crippen molar-refractivity contribution >= 4 is 22.8 Å². The minimum absolute atomic E-state index is 0.0330. The van der Waals surface area contributed by atoms with Crippen molar-refractivity contribution < 1.29 is 14.3 Å². The highest BCUT2D eigenvalue weighted by atomic mass is 16.6. The summed E-state index contributed by atoms with van der Waals surface area (Å²) in [7, 11) is 0. The minimum Gasteiger partial charge on any atom is -0.456 e. The SMILES string of the molecule is CCC(NC(=O)c1ccc2c(ccn2Cc2ccccc2-c2cccc(C(=O)OC(C)(C)C)c2)c1)c1ccccc1. The summed E-state index contributed by atoms with van der Waals surface area (Å²) in [5.74, 6) is -0.410. The van der Waals surface area contributed by atoms with Gasteiger partial charge in [0, 0.05) is 29.2 Å². The zero-order chi connectivity index (χ0) is 29.0. The number of esters is 1. The molecule has 0 aliphatic heterocycles. The van der Waals surface area contributed by atoms with Crippen molar-refractivity contribution in [1.82, 2.24) is 9.88 Å². The third-order valence-corrected chi connectivity index (χ3v) is 7.11.